The van der Waals surface area contributed by atoms with Crippen molar-refractivity contribution in [2.45, 2.75) is 37.2 Å². The van der Waals surface area contributed by atoms with Gasteiger partial charge >= 0.3 is 0 Å². The van der Waals surface area contributed by atoms with Crippen molar-refractivity contribution in [1.82, 2.24) is 19.3 Å². The summed E-state index contributed by atoms with van der Waals surface area (Å²) < 4.78 is 44.2. The second kappa shape index (κ2) is 8.99. The number of rotatable bonds is 4. The molecule has 39 heavy (non-hydrogen) atoms. The molecule has 0 spiro atoms. The smallest absolute Gasteiger partial charge is 0.261 e. The van der Waals surface area contributed by atoms with Crippen molar-refractivity contribution >= 4 is 40.0 Å². The lowest BCUT2D eigenvalue weighted by atomic mass is 9.91. The Morgan fingerprint density at radius 3 is 2.44 bits per heavy atom. The highest BCUT2D eigenvalue weighted by Crippen LogP contribution is 2.57. The lowest BCUT2D eigenvalue weighted by molar-refractivity contribution is 0.0232. The van der Waals surface area contributed by atoms with Crippen LogP contribution in [0.5, 0.6) is 0 Å². The van der Waals surface area contributed by atoms with Gasteiger partial charge in [-0.05, 0) is 55.7 Å². The van der Waals surface area contributed by atoms with Gasteiger partial charge in [0.25, 0.3) is 5.91 Å². The number of nitrogens with zero attached hydrogens (tertiary/aromatic N) is 4. The van der Waals surface area contributed by atoms with Gasteiger partial charge in [0, 0.05) is 37.8 Å². The van der Waals surface area contributed by atoms with Gasteiger partial charge in [0.2, 0.25) is 0 Å². The SMILES string of the molecule is Cn1nc(C2CC3CC(O)(c4nc5cc(F)c(F)cc5n4C)CC3C2)c(C(=O)Nc2ccc(F)c(Cl)c2)c1N. The van der Waals surface area contributed by atoms with Crippen LogP contribution in [0.1, 0.15) is 53.5 Å². The van der Waals surface area contributed by atoms with Crippen LogP contribution in [0.25, 0.3) is 11.0 Å². The first-order valence-corrected chi connectivity index (χ1v) is 13.0. The Balaban J connectivity index is 1.23. The third-order valence-corrected chi connectivity index (χ3v) is 8.58. The summed E-state index contributed by atoms with van der Waals surface area (Å²) in [4.78, 5) is 17.7. The molecule has 2 saturated carbocycles. The Morgan fingerprint density at radius 1 is 1.10 bits per heavy atom. The van der Waals surface area contributed by atoms with Gasteiger partial charge in [-0.25, -0.2) is 18.2 Å². The van der Waals surface area contributed by atoms with Crippen LogP contribution in [-0.2, 0) is 19.7 Å². The fourth-order valence-electron chi connectivity index (χ4n) is 6.52. The predicted octanol–water partition coefficient (Wildman–Crippen LogP) is 5.00. The molecule has 1 amide bonds. The Hall–Kier alpha value is -3.57. The number of fused-ring (bicyclic) bond motifs is 2. The molecule has 2 aliphatic carbocycles. The Labute approximate surface area is 226 Å². The molecule has 0 radical (unpaired) electrons. The highest BCUT2D eigenvalue weighted by molar-refractivity contribution is 6.31. The van der Waals surface area contributed by atoms with Crippen LogP contribution in [0.15, 0.2) is 30.3 Å². The van der Waals surface area contributed by atoms with Gasteiger partial charge in [-0.3, -0.25) is 9.48 Å². The number of nitrogens with two attached hydrogens (primary N) is 1. The second-order valence-electron chi connectivity index (χ2n) is 10.7. The van der Waals surface area contributed by atoms with Crippen LogP contribution in [0.4, 0.5) is 24.7 Å². The first-order valence-electron chi connectivity index (χ1n) is 12.6. The van der Waals surface area contributed by atoms with Crippen molar-refractivity contribution in [3.63, 3.8) is 0 Å². The molecule has 2 atom stereocenters. The van der Waals surface area contributed by atoms with Crippen molar-refractivity contribution in [2.75, 3.05) is 11.1 Å². The average molecular weight is 559 g/mol. The van der Waals surface area contributed by atoms with E-state index in [2.05, 4.69) is 15.4 Å². The summed E-state index contributed by atoms with van der Waals surface area (Å²) in [5, 5.41) is 18.8. The molecule has 2 aromatic heterocycles. The molecular formula is C27H26ClF3N6O2. The second-order valence-corrected chi connectivity index (χ2v) is 11.1. The third kappa shape index (κ3) is 4.15. The molecule has 2 aliphatic rings. The number of benzene rings is 2. The zero-order valence-electron chi connectivity index (χ0n) is 21.2. The van der Waals surface area contributed by atoms with Crippen molar-refractivity contribution in [1.29, 1.82) is 0 Å². The quantitative estimate of drug-likeness (QED) is 0.326. The molecule has 2 aromatic carbocycles. The molecule has 0 saturated heterocycles. The van der Waals surface area contributed by atoms with Crippen LogP contribution >= 0.6 is 11.6 Å². The number of hydrogen-bond acceptors (Lipinski definition) is 5. The summed E-state index contributed by atoms with van der Waals surface area (Å²) in [7, 11) is 3.35. The zero-order chi connectivity index (χ0) is 27.8. The van der Waals surface area contributed by atoms with E-state index in [0.29, 0.717) is 48.4 Å². The molecule has 204 valence electrons. The monoisotopic (exact) mass is 558 g/mol. The van der Waals surface area contributed by atoms with Crippen molar-refractivity contribution in [2.24, 2.45) is 25.9 Å². The summed E-state index contributed by atoms with van der Waals surface area (Å²) in [6.07, 6.45) is 2.21. The van der Waals surface area contributed by atoms with E-state index in [9.17, 15) is 23.1 Å². The van der Waals surface area contributed by atoms with E-state index in [-0.39, 0.29) is 39.7 Å². The van der Waals surface area contributed by atoms with Gasteiger partial charge in [0.05, 0.1) is 21.7 Å². The maximum atomic E-state index is 13.8. The van der Waals surface area contributed by atoms with Gasteiger partial charge < -0.3 is 20.7 Å². The Kier molecular flexibility index (Phi) is 5.92. The highest BCUT2D eigenvalue weighted by Gasteiger charge is 2.52. The van der Waals surface area contributed by atoms with Crippen LogP contribution in [0.3, 0.4) is 0 Å². The molecule has 0 bridgehead atoms. The minimum absolute atomic E-state index is 0.0609. The average Bonchev–Trinajstić information content (AvgIpc) is 3.58. The summed E-state index contributed by atoms with van der Waals surface area (Å²) >= 11 is 5.85. The molecule has 4 N–H and O–H groups in total. The molecule has 2 unspecified atom stereocenters. The maximum Gasteiger partial charge on any atom is 0.261 e. The Morgan fingerprint density at radius 2 is 1.77 bits per heavy atom. The van der Waals surface area contributed by atoms with E-state index in [0.717, 1.165) is 12.1 Å². The van der Waals surface area contributed by atoms with Gasteiger partial charge in [-0.15, -0.1) is 0 Å². The molecule has 0 aliphatic heterocycles. The van der Waals surface area contributed by atoms with Gasteiger partial charge in [0.1, 0.15) is 28.6 Å². The third-order valence-electron chi connectivity index (χ3n) is 8.29. The van der Waals surface area contributed by atoms with Crippen molar-refractivity contribution in [3.05, 3.63) is 69.9 Å². The number of nitrogen functional groups attached to an aromatic ring is 1. The molecule has 12 heteroatoms. The number of nitrogens with one attached hydrogen (secondary N) is 1. The summed E-state index contributed by atoms with van der Waals surface area (Å²) in [5.74, 6) is -2.22. The van der Waals surface area contributed by atoms with Crippen molar-refractivity contribution < 1.29 is 23.1 Å². The van der Waals surface area contributed by atoms with E-state index >= 15 is 0 Å². The molecule has 4 aromatic rings. The van der Waals surface area contributed by atoms with Crippen LogP contribution < -0.4 is 11.1 Å². The summed E-state index contributed by atoms with van der Waals surface area (Å²) in [6.45, 7) is 0. The fraction of sp³-hybridized carbons (Fsp3) is 0.370. The van der Waals surface area contributed by atoms with E-state index in [1.807, 2.05) is 0 Å². The topological polar surface area (TPSA) is 111 Å². The summed E-state index contributed by atoms with van der Waals surface area (Å²) in [6, 6.07) is 6.04. The standard InChI is InChI=1S/C27H26ClF3N6O2/c1-36-21-9-19(31)18(30)8-20(21)34-26(36)27(39)10-13-5-12(6-14(13)11-27)23-22(24(32)37(2)35-23)25(38)33-15-3-4-17(29)16(28)7-15/h3-4,7-9,12-14,39H,5-6,10-11,32H2,1-2H3,(H,33,38). The maximum absolute atomic E-state index is 13.8. The number of carbonyl (C=O) groups excluding carboxylic acids is 1. The lowest BCUT2D eigenvalue weighted by Crippen LogP contribution is -2.27. The normalized spacial score (nSPS) is 24.4. The summed E-state index contributed by atoms with van der Waals surface area (Å²) in [5.41, 5.74) is 6.86. The molecule has 2 heterocycles. The number of halogens is 4. The Bertz CT molecular complexity index is 1640. The zero-order valence-corrected chi connectivity index (χ0v) is 21.9. The van der Waals surface area contributed by atoms with E-state index in [1.165, 1.54) is 22.9 Å². The predicted molar refractivity (Wildman–Crippen MR) is 140 cm³/mol. The van der Waals surface area contributed by atoms with Crippen LogP contribution in [0.2, 0.25) is 5.02 Å². The largest absolute Gasteiger partial charge is 0.383 e. The first kappa shape index (κ1) is 25.7. The molecule has 2 fully saturated rings. The lowest BCUT2D eigenvalue weighted by Gasteiger charge is -2.24. The number of carbonyl (C=O) groups is 1. The van der Waals surface area contributed by atoms with E-state index in [1.54, 1.807) is 18.7 Å². The highest BCUT2D eigenvalue weighted by atomic mass is 35.5. The number of aromatic nitrogens is 4. The van der Waals surface area contributed by atoms with Crippen molar-refractivity contribution in [3.8, 4) is 0 Å². The van der Waals surface area contributed by atoms with Gasteiger partial charge in [0.15, 0.2) is 11.6 Å². The number of hydrogen-bond donors (Lipinski definition) is 3. The van der Waals surface area contributed by atoms with E-state index < -0.39 is 29.0 Å². The minimum Gasteiger partial charge on any atom is -0.383 e. The van der Waals surface area contributed by atoms with Gasteiger partial charge in [-0.1, -0.05) is 11.6 Å². The number of amides is 1. The van der Waals surface area contributed by atoms with Crippen LogP contribution in [0, 0.1) is 29.3 Å². The number of imidazole rings is 1. The van der Waals surface area contributed by atoms with E-state index in [4.69, 9.17) is 17.3 Å². The minimum atomic E-state index is -1.24. The molecular weight excluding hydrogens is 533 g/mol. The fourth-order valence-corrected chi connectivity index (χ4v) is 6.70. The molecule has 8 nitrogen and oxygen atoms in total. The number of aryl methyl sites for hydroxylation is 2. The molecule has 6 rings (SSSR count). The number of aliphatic hydroxyl groups is 1. The first-order chi connectivity index (χ1) is 18.4. The van der Waals surface area contributed by atoms with Gasteiger partial charge in [-0.2, -0.15) is 5.10 Å². The number of anilines is 2. The van der Waals surface area contributed by atoms with Crippen LogP contribution in [-0.4, -0.2) is 30.3 Å².